The van der Waals surface area contributed by atoms with Gasteiger partial charge in [-0.25, -0.2) is 13.4 Å². The van der Waals surface area contributed by atoms with Gasteiger partial charge in [0.25, 0.3) is 11.5 Å². The molecule has 0 spiro atoms. The van der Waals surface area contributed by atoms with Crippen LogP contribution in [0.1, 0.15) is 50.5 Å². The topological polar surface area (TPSA) is 93.8 Å². The first-order valence-electron chi connectivity index (χ1n) is 11.2. The predicted molar refractivity (Wildman–Crippen MR) is 125 cm³/mol. The van der Waals surface area contributed by atoms with Crippen molar-refractivity contribution in [3.63, 3.8) is 0 Å². The Morgan fingerprint density at radius 2 is 1.94 bits per heavy atom. The maximum atomic E-state index is 13.4. The second-order valence-corrected chi connectivity index (χ2v) is 11.3. The maximum Gasteiger partial charge on any atom is 0.270 e. The summed E-state index contributed by atoms with van der Waals surface area (Å²) in [5, 5.41) is 0.0203. The van der Waals surface area contributed by atoms with Gasteiger partial charge in [-0.15, -0.1) is 0 Å². The molecule has 0 aliphatic carbocycles. The molecular formula is C23H30N4O4S. The van der Waals surface area contributed by atoms with Gasteiger partial charge in [-0.1, -0.05) is 26.8 Å². The van der Waals surface area contributed by atoms with E-state index in [0.717, 1.165) is 6.42 Å². The number of sulfone groups is 1. The summed E-state index contributed by atoms with van der Waals surface area (Å²) >= 11 is 0. The molecule has 9 heteroatoms. The molecule has 4 rings (SSSR count). The van der Waals surface area contributed by atoms with Crippen molar-refractivity contribution in [3.05, 3.63) is 46.5 Å². The quantitative estimate of drug-likeness (QED) is 0.566. The minimum absolute atomic E-state index is 0.0894. The van der Waals surface area contributed by atoms with Crippen molar-refractivity contribution in [3.8, 4) is 0 Å². The monoisotopic (exact) mass is 458 g/mol. The third-order valence-electron chi connectivity index (χ3n) is 6.05. The summed E-state index contributed by atoms with van der Waals surface area (Å²) < 4.78 is 28.5. The van der Waals surface area contributed by atoms with Crippen molar-refractivity contribution in [2.45, 2.75) is 51.8 Å². The first kappa shape index (κ1) is 22.5. The van der Waals surface area contributed by atoms with Gasteiger partial charge in [0.05, 0.1) is 16.4 Å². The lowest BCUT2D eigenvalue weighted by Gasteiger charge is -2.32. The minimum Gasteiger partial charge on any atom is -0.337 e. The smallest absolute Gasteiger partial charge is 0.270 e. The van der Waals surface area contributed by atoms with Gasteiger partial charge in [0.15, 0.2) is 9.84 Å². The number of likely N-dealkylation sites (tertiary alicyclic amines) is 1. The minimum atomic E-state index is -3.16. The Morgan fingerprint density at radius 1 is 1.22 bits per heavy atom. The summed E-state index contributed by atoms with van der Waals surface area (Å²) in [5.41, 5.74) is 1.29. The van der Waals surface area contributed by atoms with Gasteiger partial charge in [0, 0.05) is 25.8 Å². The van der Waals surface area contributed by atoms with Crippen LogP contribution in [0.3, 0.4) is 0 Å². The lowest BCUT2D eigenvalue weighted by Crippen LogP contribution is -2.43. The van der Waals surface area contributed by atoms with Gasteiger partial charge >= 0.3 is 0 Å². The normalized spacial score (nSPS) is 15.8. The Bertz CT molecular complexity index is 1320. The molecule has 0 atom stereocenters. The van der Waals surface area contributed by atoms with E-state index in [-0.39, 0.29) is 23.1 Å². The average molecular weight is 459 g/mol. The lowest BCUT2D eigenvalue weighted by molar-refractivity contribution is 0.0715. The largest absolute Gasteiger partial charge is 0.337 e. The third kappa shape index (κ3) is 4.05. The number of aromatic nitrogens is 3. The summed E-state index contributed by atoms with van der Waals surface area (Å²) in [7, 11) is -3.16. The molecule has 1 fully saturated rings. The summed E-state index contributed by atoms with van der Waals surface area (Å²) in [6, 6.07) is 7.01. The second-order valence-electron chi connectivity index (χ2n) is 8.98. The van der Waals surface area contributed by atoms with Crippen molar-refractivity contribution in [2.24, 2.45) is 5.92 Å². The maximum absolute atomic E-state index is 13.4. The Kier molecular flexibility index (Phi) is 6.11. The number of hydrogen-bond donors (Lipinski definition) is 0. The number of amides is 1. The van der Waals surface area contributed by atoms with Crippen LogP contribution in [0.4, 0.5) is 0 Å². The number of aryl methyl sites for hydroxylation is 1. The molecule has 4 heterocycles. The number of carbonyl (C=O) groups is 1. The molecule has 0 radical (unpaired) electrons. The molecule has 1 saturated heterocycles. The van der Waals surface area contributed by atoms with Gasteiger partial charge in [0.1, 0.15) is 17.0 Å². The van der Waals surface area contributed by atoms with Crippen LogP contribution in [-0.2, 0) is 16.4 Å². The highest BCUT2D eigenvalue weighted by atomic mass is 32.2. The van der Waals surface area contributed by atoms with E-state index in [1.54, 1.807) is 29.3 Å². The second kappa shape index (κ2) is 8.69. The van der Waals surface area contributed by atoms with Gasteiger partial charge in [0.2, 0.25) is 0 Å². The summed E-state index contributed by atoms with van der Waals surface area (Å²) in [6.45, 7) is 7.18. The van der Waals surface area contributed by atoms with Crippen LogP contribution in [0.25, 0.3) is 16.7 Å². The van der Waals surface area contributed by atoms with Crippen LogP contribution in [0.2, 0.25) is 0 Å². The molecule has 172 valence electrons. The van der Waals surface area contributed by atoms with E-state index in [4.69, 9.17) is 0 Å². The highest BCUT2D eigenvalue weighted by Gasteiger charge is 2.33. The number of piperidine rings is 1. The van der Waals surface area contributed by atoms with Crippen LogP contribution in [0.5, 0.6) is 0 Å². The van der Waals surface area contributed by atoms with E-state index in [9.17, 15) is 18.0 Å². The Morgan fingerprint density at radius 3 is 2.59 bits per heavy atom. The van der Waals surface area contributed by atoms with Crippen molar-refractivity contribution >= 4 is 32.4 Å². The Labute approximate surface area is 187 Å². The first-order valence-corrected chi connectivity index (χ1v) is 13.0. The number of hydrogen-bond acceptors (Lipinski definition) is 5. The standard InChI is InChI=1S/C23H30N4O4S/c1-4-10-26-19(14-18-21(26)24-20-7-5-6-11-27(20)22(18)28)23(29)25-12-8-17(9-13-25)32(30,31)15-16(2)3/h5-7,11,14,16-17H,4,8-10,12-13,15H2,1-3H3. The van der Waals surface area contributed by atoms with Crippen LogP contribution < -0.4 is 5.56 Å². The molecule has 8 nitrogen and oxygen atoms in total. The summed E-state index contributed by atoms with van der Waals surface area (Å²) in [4.78, 5) is 32.8. The van der Waals surface area contributed by atoms with E-state index in [1.165, 1.54) is 4.40 Å². The fourth-order valence-electron chi connectivity index (χ4n) is 4.56. The zero-order valence-corrected chi connectivity index (χ0v) is 19.6. The van der Waals surface area contributed by atoms with E-state index < -0.39 is 15.1 Å². The van der Waals surface area contributed by atoms with E-state index >= 15 is 0 Å². The molecule has 0 bridgehead atoms. The van der Waals surface area contributed by atoms with Gasteiger partial charge in [-0.05, 0) is 43.4 Å². The fourth-order valence-corrected chi connectivity index (χ4v) is 6.69. The van der Waals surface area contributed by atoms with Crippen LogP contribution in [-0.4, -0.2) is 57.3 Å². The molecule has 1 amide bonds. The fraction of sp³-hybridized carbons (Fsp3) is 0.522. The summed E-state index contributed by atoms with van der Waals surface area (Å²) in [6.07, 6.45) is 3.35. The molecule has 0 unspecified atom stereocenters. The van der Waals surface area contributed by atoms with Crippen molar-refractivity contribution in [1.29, 1.82) is 0 Å². The van der Waals surface area contributed by atoms with Gasteiger partial charge < -0.3 is 9.47 Å². The van der Waals surface area contributed by atoms with Crippen LogP contribution >= 0.6 is 0 Å². The van der Waals surface area contributed by atoms with Crippen LogP contribution in [0.15, 0.2) is 35.3 Å². The zero-order chi connectivity index (χ0) is 23.0. The van der Waals surface area contributed by atoms with Crippen molar-refractivity contribution < 1.29 is 13.2 Å². The molecule has 3 aromatic heterocycles. The highest BCUT2D eigenvalue weighted by molar-refractivity contribution is 7.92. The zero-order valence-electron chi connectivity index (χ0n) is 18.8. The van der Waals surface area contributed by atoms with Gasteiger partial charge in [-0.3, -0.25) is 14.0 Å². The van der Waals surface area contributed by atoms with Crippen molar-refractivity contribution in [1.82, 2.24) is 18.9 Å². The van der Waals surface area contributed by atoms with E-state index in [1.807, 2.05) is 31.4 Å². The molecule has 0 aromatic carbocycles. The number of pyridine rings is 1. The lowest BCUT2D eigenvalue weighted by atomic mass is 10.1. The predicted octanol–water partition coefficient (Wildman–Crippen LogP) is 2.73. The SMILES string of the molecule is CCCn1c(C(=O)N2CCC(S(=O)(=O)CC(C)C)CC2)cc2c(=O)n3ccccc3nc21. The number of fused-ring (bicyclic) bond motifs is 2. The van der Waals surface area contributed by atoms with E-state index in [2.05, 4.69) is 4.98 Å². The number of rotatable bonds is 6. The molecular weight excluding hydrogens is 428 g/mol. The molecule has 0 saturated carbocycles. The Hall–Kier alpha value is -2.68. The molecule has 3 aromatic rings. The number of nitrogens with zero attached hydrogens (tertiary/aromatic N) is 4. The van der Waals surface area contributed by atoms with E-state index in [0.29, 0.717) is 54.9 Å². The van der Waals surface area contributed by atoms with Crippen molar-refractivity contribution in [2.75, 3.05) is 18.8 Å². The summed E-state index contributed by atoms with van der Waals surface area (Å²) in [5.74, 6) is 0.0932. The molecule has 1 aliphatic rings. The van der Waals surface area contributed by atoms with Crippen LogP contribution in [0, 0.1) is 5.92 Å². The van der Waals surface area contributed by atoms with Gasteiger partial charge in [-0.2, -0.15) is 0 Å². The third-order valence-corrected chi connectivity index (χ3v) is 8.66. The average Bonchev–Trinajstić information content (AvgIpc) is 3.11. The molecule has 1 aliphatic heterocycles. The number of carbonyl (C=O) groups excluding carboxylic acids is 1. The molecule has 32 heavy (non-hydrogen) atoms. The Balaban J connectivity index is 1.66. The highest BCUT2D eigenvalue weighted by Crippen LogP contribution is 2.24. The first-order chi connectivity index (χ1) is 15.2. The molecule has 0 N–H and O–H groups in total.